The Bertz CT molecular complexity index is 970. The summed E-state index contributed by atoms with van der Waals surface area (Å²) in [5.74, 6) is -0.953. The van der Waals surface area contributed by atoms with E-state index in [1.807, 2.05) is 4.90 Å². The number of nitrogens with zero attached hydrogens (tertiary/aromatic N) is 4. The smallest absolute Gasteiger partial charge is 0.359 e. The summed E-state index contributed by atoms with van der Waals surface area (Å²) in [5.41, 5.74) is 1.82. The zero-order chi connectivity index (χ0) is 19.0. The zero-order valence-electron chi connectivity index (χ0n) is 14.0. The fourth-order valence-electron chi connectivity index (χ4n) is 3.05. The Morgan fingerprint density at radius 2 is 2.00 bits per heavy atom. The van der Waals surface area contributed by atoms with Crippen LogP contribution in [0.25, 0.3) is 11.3 Å². The van der Waals surface area contributed by atoms with Crippen LogP contribution in [0.1, 0.15) is 22.8 Å². The maximum absolute atomic E-state index is 13.8. The molecule has 3 aromatic rings. The van der Waals surface area contributed by atoms with Crippen LogP contribution in [0.3, 0.4) is 0 Å². The van der Waals surface area contributed by atoms with E-state index in [9.17, 15) is 17.6 Å². The van der Waals surface area contributed by atoms with Crippen molar-refractivity contribution in [2.75, 3.05) is 6.54 Å². The van der Waals surface area contributed by atoms with E-state index >= 15 is 0 Å². The van der Waals surface area contributed by atoms with Crippen molar-refractivity contribution in [3.63, 3.8) is 0 Å². The summed E-state index contributed by atoms with van der Waals surface area (Å²) in [6.45, 7) is 1.34. The molecule has 2 aromatic heterocycles. The van der Waals surface area contributed by atoms with Crippen molar-refractivity contribution in [3.8, 4) is 11.3 Å². The molecule has 0 amide bonds. The van der Waals surface area contributed by atoms with Crippen molar-refractivity contribution < 1.29 is 22.1 Å². The lowest BCUT2D eigenvalue weighted by Crippen LogP contribution is -2.31. The molecule has 0 saturated heterocycles. The second kappa shape index (κ2) is 6.73. The van der Waals surface area contributed by atoms with Crippen LogP contribution in [0.4, 0.5) is 17.6 Å². The van der Waals surface area contributed by atoms with E-state index in [1.165, 1.54) is 12.3 Å². The van der Waals surface area contributed by atoms with Crippen LogP contribution >= 0.6 is 0 Å². The molecule has 0 radical (unpaired) electrons. The first-order chi connectivity index (χ1) is 12.9. The molecule has 0 fully saturated rings. The summed E-state index contributed by atoms with van der Waals surface area (Å²) < 4.78 is 57.3. The molecule has 3 heterocycles. The van der Waals surface area contributed by atoms with Gasteiger partial charge < -0.3 is 4.52 Å². The third kappa shape index (κ3) is 3.68. The average molecular weight is 378 g/mol. The molecule has 0 aliphatic carbocycles. The standard InChI is InChI=1S/C18H14F4N4O/c19-14-4-2-1-3-13(14)16-7-12(27-25-16)10-26-6-5-15-11(9-26)8-23-17(24-15)18(20,21)22/h1-4,7-8H,5-6,9-10H2. The third-order valence-corrected chi connectivity index (χ3v) is 4.35. The van der Waals surface area contributed by atoms with Gasteiger partial charge in [0.25, 0.3) is 0 Å². The first-order valence-corrected chi connectivity index (χ1v) is 8.25. The van der Waals surface area contributed by atoms with E-state index in [1.54, 1.807) is 24.3 Å². The number of halogens is 4. The molecular formula is C18H14F4N4O. The molecule has 0 N–H and O–H groups in total. The highest BCUT2D eigenvalue weighted by molar-refractivity contribution is 5.59. The molecule has 4 rings (SSSR count). The number of hydrogen-bond acceptors (Lipinski definition) is 5. The lowest BCUT2D eigenvalue weighted by atomic mass is 10.1. The molecule has 1 aliphatic heterocycles. The molecule has 0 spiro atoms. The lowest BCUT2D eigenvalue weighted by Gasteiger charge is -2.27. The summed E-state index contributed by atoms with van der Waals surface area (Å²) in [5, 5.41) is 3.90. The predicted molar refractivity (Wildman–Crippen MR) is 86.7 cm³/mol. The van der Waals surface area contributed by atoms with Gasteiger partial charge in [-0.05, 0) is 12.1 Å². The SMILES string of the molecule is Fc1ccccc1-c1cc(CN2CCc3nc(C(F)(F)F)ncc3C2)on1. The minimum atomic E-state index is -4.55. The highest BCUT2D eigenvalue weighted by atomic mass is 19.4. The number of aromatic nitrogens is 3. The molecular weight excluding hydrogens is 364 g/mol. The number of fused-ring (bicyclic) bond motifs is 1. The van der Waals surface area contributed by atoms with Crippen molar-refractivity contribution in [1.82, 2.24) is 20.0 Å². The summed E-state index contributed by atoms with van der Waals surface area (Å²) in [6.07, 6.45) is -2.94. The van der Waals surface area contributed by atoms with Crippen molar-refractivity contribution in [3.05, 3.63) is 65.2 Å². The molecule has 0 saturated carbocycles. The van der Waals surface area contributed by atoms with Gasteiger partial charge in [0.2, 0.25) is 5.82 Å². The second-order valence-electron chi connectivity index (χ2n) is 6.28. The van der Waals surface area contributed by atoms with Crippen LogP contribution in [0.2, 0.25) is 0 Å². The minimum Gasteiger partial charge on any atom is -0.359 e. The van der Waals surface area contributed by atoms with Crippen LogP contribution in [-0.2, 0) is 25.7 Å². The van der Waals surface area contributed by atoms with Gasteiger partial charge in [-0.2, -0.15) is 13.2 Å². The largest absolute Gasteiger partial charge is 0.451 e. The lowest BCUT2D eigenvalue weighted by molar-refractivity contribution is -0.145. The second-order valence-corrected chi connectivity index (χ2v) is 6.28. The van der Waals surface area contributed by atoms with Crippen LogP contribution in [0.5, 0.6) is 0 Å². The van der Waals surface area contributed by atoms with Crippen molar-refractivity contribution in [2.24, 2.45) is 0 Å². The van der Waals surface area contributed by atoms with Crippen LogP contribution in [-0.4, -0.2) is 26.6 Å². The molecule has 27 heavy (non-hydrogen) atoms. The van der Waals surface area contributed by atoms with E-state index in [2.05, 4.69) is 15.1 Å². The van der Waals surface area contributed by atoms with Crippen molar-refractivity contribution in [2.45, 2.75) is 25.7 Å². The van der Waals surface area contributed by atoms with Gasteiger partial charge in [-0.25, -0.2) is 14.4 Å². The Morgan fingerprint density at radius 1 is 1.19 bits per heavy atom. The molecule has 0 unspecified atom stereocenters. The fraction of sp³-hybridized carbons (Fsp3) is 0.278. The molecule has 140 valence electrons. The first-order valence-electron chi connectivity index (χ1n) is 8.25. The van der Waals surface area contributed by atoms with Crippen molar-refractivity contribution >= 4 is 0 Å². The monoisotopic (exact) mass is 378 g/mol. The molecule has 9 heteroatoms. The van der Waals surface area contributed by atoms with E-state index in [0.717, 1.165) is 0 Å². The van der Waals surface area contributed by atoms with Gasteiger partial charge in [0.05, 0.1) is 12.2 Å². The van der Waals surface area contributed by atoms with Crippen LogP contribution in [0.15, 0.2) is 41.1 Å². The van der Waals surface area contributed by atoms with E-state index in [0.29, 0.717) is 54.3 Å². The van der Waals surface area contributed by atoms with Gasteiger partial charge in [0.15, 0.2) is 5.76 Å². The summed E-state index contributed by atoms with van der Waals surface area (Å²) in [4.78, 5) is 9.05. The van der Waals surface area contributed by atoms with Gasteiger partial charge >= 0.3 is 6.18 Å². The van der Waals surface area contributed by atoms with E-state index in [4.69, 9.17) is 4.52 Å². The molecule has 0 atom stereocenters. The van der Waals surface area contributed by atoms with Gasteiger partial charge in [0, 0.05) is 42.9 Å². The van der Waals surface area contributed by atoms with E-state index < -0.39 is 12.0 Å². The van der Waals surface area contributed by atoms with E-state index in [-0.39, 0.29) is 5.82 Å². The number of alkyl halides is 3. The molecule has 0 bridgehead atoms. The zero-order valence-corrected chi connectivity index (χ0v) is 14.0. The molecule has 5 nitrogen and oxygen atoms in total. The summed E-state index contributed by atoms with van der Waals surface area (Å²) in [6, 6.07) is 7.93. The number of benzene rings is 1. The third-order valence-electron chi connectivity index (χ3n) is 4.35. The summed E-state index contributed by atoms with van der Waals surface area (Å²) in [7, 11) is 0. The predicted octanol–water partition coefficient (Wildman–Crippen LogP) is 3.85. The van der Waals surface area contributed by atoms with Crippen LogP contribution < -0.4 is 0 Å². The molecule has 1 aliphatic rings. The minimum absolute atomic E-state index is 0.351. The van der Waals surface area contributed by atoms with Gasteiger partial charge in [-0.3, -0.25) is 4.90 Å². The Balaban J connectivity index is 1.47. The maximum Gasteiger partial charge on any atom is 0.451 e. The topological polar surface area (TPSA) is 55.1 Å². The quantitative estimate of drug-likeness (QED) is 0.648. The Kier molecular flexibility index (Phi) is 4.39. The molecule has 1 aromatic carbocycles. The first kappa shape index (κ1) is 17.6. The Hall–Kier alpha value is -2.81. The summed E-state index contributed by atoms with van der Waals surface area (Å²) >= 11 is 0. The number of rotatable bonds is 3. The van der Waals surface area contributed by atoms with Gasteiger partial charge in [0.1, 0.15) is 11.5 Å². The maximum atomic E-state index is 13.8. The Labute approximate surface area is 151 Å². The normalized spacial score (nSPS) is 15.0. The van der Waals surface area contributed by atoms with Crippen molar-refractivity contribution in [1.29, 1.82) is 0 Å². The fourth-order valence-corrected chi connectivity index (χ4v) is 3.05. The number of hydrogen-bond donors (Lipinski definition) is 0. The highest BCUT2D eigenvalue weighted by Crippen LogP contribution is 2.28. The van der Waals surface area contributed by atoms with Gasteiger partial charge in [-0.15, -0.1) is 0 Å². The highest BCUT2D eigenvalue weighted by Gasteiger charge is 2.35. The van der Waals surface area contributed by atoms with Crippen LogP contribution in [0, 0.1) is 5.82 Å². The van der Waals surface area contributed by atoms with Gasteiger partial charge in [-0.1, -0.05) is 17.3 Å². The average Bonchev–Trinajstić information content (AvgIpc) is 3.09. The Morgan fingerprint density at radius 3 is 2.78 bits per heavy atom.